The zero-order valence-corrected chi connectivity index (χ0v) is 27.3. The first kappa shape index (κ1) is 31.3. The molecule has 9 nitrogen and oxygen atoms in total. The number of ether oxygens (including phenoxy) is 3. The molecule has 3 atom stereocenters. The smallest absolute Gasteiger partial charge is 0.188 e. The standard InChI is InChI=1S/C39H39N3O6/c1-22-31(16-37-40-34(19-46-37)25-7-4-10-28(43)13-25)23(2)33(18-39-42-36(21-48-39)27-9-6-12-30(45)15-27)24(3)32(22)17-38-41-35(20-47-38)26-8-5-11-29(44)14-26/h4-15,34-36,43-45H,16-21H2,1-3H3/t34-,35-,36-/m1/s1. The van der Waals surface area contributed by atoms with Crippen LogP contribution in [0.15, 0.2) is 87.8 Å². The number of aromatic hydroxyl groups is 3. The van der Waals surface area contributed by atoms with Gasteiger partial charge in [-0.1, -0.05) is 36.4 Å². The summed E-state index contributed by atoms with van der Waals surface area (Å²) in [6, 6.07) is 21.0. The topological polar surface area (TPSA) is 125 Å². The fraction of sp³-hybridized carbons (Fsp3) is 0.308. The van der Waals surface area contributed by atoms with Crippen molar-refractivity contribution in [1.82, 2.24) is 0 Å². The van der Waals surface area contributed by atoms with E-state index in [0.29, 0.717) is 56.8 Å². The Balaban J connectivity index is 1.22. The Labute approximate surface area is 279 Å². The van der Waals surface area contributed by atoms with Gasteiger partial charge in [0.2, 0.25) is 0 Å². The van der Waals surface area contributed by atoms with E-state index < -0.39 is 0 Å². The van der Waals surface area contributed by atoms with Crippen LogP contribution in [0.5, 0.6) is 17.2 Å². The van der Waals surface area contributed by atoms with Crippen molar-refractivity contribution in [2.45, 2.75) is 58.2 Å². The van der Waals surface area contributed by atoms with Crippen LogP contribution in [-0.4, -0.2) is 52.8 Å². The molecule has 0 bridgehead atoms. The Morgan fingerprint density at radius 3 is 1.06 bits per heavy atom. The zero-order chi connectivity index (χ0) is 33.4. The Kier molecular flexibility index (Phi) is 8.52. The Hall–Kier alpha value is -5.31. The second-order valence-corrected chi connectivity index (χ2v) is 12.7. The molecule has 0 spiro atoms. The molecule has 0 amide bonds. The number of nitrogens with zero attached hydrogens (tertiary/aromatic N) is 3. The molecule has 0 radical (unpaired) electrons. The highest BCUT2D eigenvalue weighted by atomic mass is 16.5. The maximum atomic E-state index is 10.0. The molecule has 3 aliphatic heterocycles. The molecule has 3 N–H and O–H groups in total. The molecule has 9 heteroatoms. The minimum atomic E-state index is -0.177. The first-order valence-electron chi connectivity index (χ1n) is 16.3. The SMILES string of the molecule is Cc1c(CC2=N[C@@H](c3cccc(O)c3)CO2)c(C)c(CC2=N[C@@H](c3cccc(O)c3)CO2)c(C)c1CC1=N[C@@H](c2cccc(O)c2)CO1. The van der Waals surface area contributed by atoms with Gasteiger partial charge in [-0.3, -0.25) is 0 Å². The van der Waals surface area contributed by atoms with Gasteiger partial charge in [0.15, 0.2) is 17.7 Å². The van der Waals surface area contributed by atoms with Crippen LogP contribution in [0.2, 0.25) is 0 Å². The average Bonchev–Trinajstić information content (AvgIpc) is 3.85. The summed E-state index contributed by atoms with van der Waals surface area (Å²) < 4.78 is 18.4. The van der Waals surface area contributed by atoms with E-state index in [0.717, 1.165) is 50.1 Å². The molecule has 4 aromatic carbocycles. The number of benzene rings is 4. The molecule has 0 aliphatic carbocycles. The molecule has 7 rings (SSSR count). The molecule has 3 heterocycles. The van der Waals surface area contributed by atoms with Crippen molar-refractivity contribution in [2.24, 2.45) is 15.0 Å². The minimum absolute atomic E-state index is 0.177. The van der Waals surface area contributed by atoms with E-state index in [9.17, 15) is 15.3 Å². The molecule has 0 aromatic heterocycles. The molecule has 0 saturated carbocycles. The predicted molar refractivity (Wildman–Crippen MR) is 184 cm³/mol. The van der Waals surface area contributed by atoms with E-state index in [1.807, 2.05) is 36.4 Å². The van der Waals surface area contributed by atoms with Crippen molar-refractivity contribution in [3.05, 3.63) is 123 Å². The number of phenolic OH excluding ortho intramolecular Hbond substituents is 3. The monoisotopic (exact) mass is 645 g/mol. The highest BCUT2D eigenvalue weighted by Crippen LogP contribution is 2.35. The number of rotatable bonds is 9. The predicted octanol–water partition coefficient (Wildman–Crippen LogP) is 6.87. The van der Waals surface area contributed by atoms with Crippen molar-refractivity contribution < 1.29 is 29.5 Å². The Bertz CT molecular complexity index is 1720. The molecule has 0 saturated heterocycles. The maximum absolute atomic E-state index is 10.0. The van der Waals surface area contributed by atoms with Gasteiger partial charge in [0, 0.05) is 19.3 Å². The fourth-order valence-corrected chi connectivity index (χ4v) is 6.91. The molecule has 0 fully saturated rings. The van der Waals surface area contributed by atoms with Gasteiger partial charge in [0.1, 0.15) is 55.2 Å². The molecule has 4 aromatic rings. The van der Waals surface area contributed by atoms with E-state index in [4.69, 9.17) is 29.2 Å². The summed E-state index contributed by atoms with van der Waals surface area (Å²) in [7, 11) is 0. The van der Waals surface area contributed by atoms with Crippen molar-refractivity contribution in [3.63, 3.8) is 0 Å². The van der Waals surface area contributed by atoms with E-state index >= 15 is 0 Å². The minimum Gasteiger partial charge on any atom is -0.508 e. The summed E-state index contributed by atoms with van der Waals surface area (Å²) in [5, 5.41) is 30.0. The van der Waals surface area contributed by atoms with Crippen molar-refractivity contribution in [3.8, 4) is 17.2 Å². The lowest BCUT2D eigenvalue weighted by Gasteiger charge is -2.22. The highest BCUT2D eigenvalue weighted by molar-refractivity contribution is 5.86. The van der Waals surface area contributed by atoms with Crippen molar-refractivity contribution >= 4 is 17.7 Å². The zero-order valence-electron chi connectivity index (χ0n) is 27.3. The first-order chi connectivity index (χ1) is 23.2. The van der Waals surface area contributed by atoms with Gasteiger partial charge >= 0.3 is 0 Å². The molecule has 3 aliphatic rings. The van der Waals surface area contributed by atoms with Gasteiger partial charge in [-0.2, -0.15) is 0 Å². The fourth-order valence-electron chi connectivity index (χ4n) is 6.91. The second-order valence-electron chi connectivity index (χ2n) is 12.7. The average molecular weight is 646 g/mol. The van der Waals surface area contributed by atoms with Crippen molar-refractivity contribution in [1.29, 1.82) is 0 Å². The lowest BCUT2D eigenvalue weighted by Crippen LogP contribution is -2.16. The second kappa shape index (κ2) is 13.1. The van der Waals surface area contributed by atoms with Crippen LogP contribution in [-0.2, 0) is 33.5 Å². The van der Waals surface area contributed by atoms with E-state index in [-0.39, 0.29) is 35.4 Å². The third kappa shape index (κ3) is 6.45. The first-order valence-corrected chi connectivity index (χ1v) is 16.3. The van der Waals surface area contributed by atoms with Gasteiger partial charge < -0.3 is 29.5 Å². The van der Waals surface area contributed by atoms with Crippen LogP contribution in [0, 0.1) is 20.8 Å². The van der Waals surface area contributed by atoms with Gasteiger partial charge in [-0.25, -0.2) is 15.0 Å². The Morgan fingerprint density at radius 2 is 0.792 bits per heavy atom. The Morgan fingerprint density at radius 1 is 0.500 bits per heavy atom. The van der Waals surface area contributed by atoms with E-state index in [2.05, 4.69) is 20.8 Å². The quantitative estimate of drug-likeness (QED) is 0.183. The highest BCUT2D eigenvalue weighted by Gasteiger charge is 2.29. The molecule has 0 unspecified atom stereocenters. The van der Waals surface area contributed by atoms with E-state index in [1.165, 1.54) is 0 Å². The third-order valence-electron chi connectivity index (χ3n) is 9.59. The van der Waals surface area contributed by atoms with Crippen LogP contribution in [0.4, 0.5) is 0 Å². The maximum Gasteiger partial charge on any atom is 0.188 e. The van der Waals surface area contributed by atoms with Crippen molar-refractivity contribution in [2.75, 3.05) is 19.8 Å². The lowest BCUT2D eigenvalue weighted by atomic mass is 9.84. The van der Waals surface area contributed by atoms with Crippen LogP contribution >= 0.6 is 0 Å². The number of phenols is 3. The third-order valence-corrected chi connectivity index (χ3v) is 9.59. The number of hydrogen-bond donors (Lipinski definition) is 3. The summed E-state index contributed by atoms with van der Waals surface area (Å²) in [5.74, 6) is 2.61. The summed E-state index contributed by atoms with van der Waals surface area (Å²) in [6.07, 6.45) is 1.56. The largest absolute Gasteiger partial charge is 0.508 e. The number of aliphatic imine (C=N–C) groups is 3. The normalized spacial score (nSPS) is 20.1. The van der Waals surface area contributed by atoms with Gasteiger partial charge in [-0.05, 0) is 107 Å². The molecule has 246 valence electrons. The molecular weight excluding hydrogens is 606 g/mol. The molecular formula is C39H39N3O6. The number of hydrogen-bond acceptors (Lipinski definition) is 9. The summed E-state index contributed by atoms with van der Waals surface area (Å²) >= 11 is 0. The van der Waals surface area contributed by atoms with Crippen LogP contribution in [0.25, 0.3) is 0 Å². The lowest BCUT2D eigenvalue weighted by molar-refractivity contribution is 0.313. The van der Waals surface area contributed by atoms with Crippen LogP contribution < -0.4 is 0 Å². The summed E-state index contributed by atoms with van der Waals surface area (Å²) in [5.41, 5.74) is 9.56. The van der Waals surface area contributed by atoms with Crippen LogP contribution in [0.3, 0.4) is 0 Å². The van der Waals surface area contributed by atoms with Gasteiger partial charge in [0.25, 0.3) is 0 Å². The summed E-state index contributed by atoms with van der Waals surface area (Å²) in [4.78, 5) is 14.7. The molecule has 48 heavy (non-hydrogen) atoms. The van der Waals surface area contributed by atoms with Gasteiger partial charge in [-0.15, -0.1) is 0 Å². The van der Waals surface area contributed by atoms with E-state index in [1.54, 1.807) is 36.4 Å². The van der Waals surface area contributed by atoms with Crippen LogP contribution in [0.1, 0.15) is 68.2 Å². The summed E-state index contributed by atoms with van der Waals surface area (Å²) in [6.45, 7) is 7.68. The van der Waals surface area contributed by atoms with Gasteiger partial charge in [0.05, 0.1) is 0 Å².